The Kier molecular flexibility index (Phi) is 6.61. The third-order valence-corrected chi connectivity index (χ3v) is 3.61. The number of benzene rings is 1. The molecule has 7 heteroatoms. The van der Waals surface area contributed by atoms with Gasteiger partial charge in [-0.25, -0.2) is 9.18 Å². The molecule has 0 saturated carbocycles. The second-order valence-corrected chi connectivity index (χ2v) is 5.43. The summed E-state index contributed by atoms with van der Waals surface area (Å²) in [6, 6.07) is 3.70. The third-order valence-electron chi connectivity index (χ3n) is 3.61. The van der Waals surface area contributed by atoms with E-state index in [1.54, 1.807) is 14.2 Å². The largest absolute Gasteiger partial charge is 0.489 e. The van der Waals surface area contributed by atoms with Gasteiger partial charge in [-0.2, -0.15) is 0 Å². The number of halogens is 1. The van der Waals surface area contributed by atoms with E-state index in [-0.39, 0.29) is 12.1 Å². The van der Waals surface area contributed by atoms with Crippen molar-refractivity contribution in [2.24, 2.45) is 0 Å². The molecular weight excluding hydrogens is 303 g/mol. The van der Waals surface area contributed by atoms with Gasteiger partial charge in [-0.1, -0.05) is 0 Å². The van der Waals surface area contributed by atoms with Crippen LogP contribution in [0, 0.1) is 5.82 Å². The molecule has 1 aliphatic rings. The summed E-state index contributed by atoms with van der Waals surface area (Å²) in [6.45, 7) is 1.98. The van der Waals surface area contributed by atoms with Gasteiger partial charge in [-0.05, 0) is 25.0 Å². The third kappa shape index (κ3) is 5.37. The molecule has 0 aromatic heterocycles. The minimum atomic E-state index is -0.440. The van der Waals surface area contributed by atoms with Crippen LogP contribution in [-0.4, -0.2) is 57.6 Å². The molecule has 1 atom stereocenters. The number of carbonyl (C=O) groups excluding carboxylic acids is 1. The van der Waals surface area contributed by atoms with Crippen molar-refractivity contribution in [3.63, 3.8) is 0 Å². The Morgan fingerprint density at radius 3 is 3.04 bits per heavy atom. The van der Waals surface area contributed by atoms with Gasteiger partial charge < -0.3 is 24.4 Å². The first-order chi connectivity index (χ1) is 11.1. The lowest BCUT2D eigenvalue weighted by atomic mass is 10.2. The van der Waals surface area contributed by atoms with E-state index in [0.29, 0.717) is 31.2 Å². The van der Waals surface area contributed by atoms with Crippen molar-refractivity contribution in [1.82, 2.24) is 4.90 Å². The highest BCUT2D eigenvalue weighted by atomic mass is 19.1. The van der Waals surface area contributed by atoms with Crippen LogP contribution in [0.15, 0.2) is 18.2 Å². The van der Waals surface area contributed by atoms with E-state index in [4.69, 9.17) is 14.2 Å². The minimum absolute atomic E-state index is 0.0491. The molecule has 1 aliphatic heterocycles. The summed E-state index contributed by atoms with van der Waals surface area (Å²) in [7, 11) is 3.20. The van der Waals surface area contributed by atoms with Crippen LogP contribution in [-0.2, 0) is 9.47 Å². The monoisotopic (exact) mass is 326 g/mol. The predicted octanol–water partition coefficient (Wildman–Crippen LogP) is 2.49. The predicted molar refractivity (Wildman–Crippen MR) is 84.4 cm³/mol. The fourth-order valence-corrected chi connectivity index (χ4v) is 2.22. The van der Waals surface area contributed by atoms with Crippen molar-refractivity contribution in [2.75, 3.05) is 45.8 Å². The van der Waals surface area contributed by atoms with E-state index in [1.165, 1.54) is 23.1 Å². The molecule has 1 aromatic carbocycles. The van der Waals surface area contributed by atoms with Gasteiger partial charge in [0, 0.05) is 33.4 Å². The van der Waals surface area contributed by atoms with E-state index < -0.39 is 5.82 Å². The summed E-state index contributed by atoms with van der Waals surface area (Å²) in [5.74, 6) is -0.0142. The number of nitrogens with one attached hydrogen (secondary N) is 1. The number of likely N-dealkylation sites (N-methyl/N-ethyl adjacent to an activating group) is 1. The van der Waals surface area contributed by atoms with Crippen LogP contribution in [0.25, 0.3) is 0 Å². The summed E-state index contributed by atoms with van der Waals surface area (Å²) in [4.78, 5) is 13.6. The minimum Gasteiger partial charge on any atom is -0.489 e. The molecule has 128 valence electrons. The summed E-state index contributed by atoms with van der Waals surface area (Å²) in [6.07, 6.45) is 2.02. The maximum atomic E-state index is 13.5. The van der Waals surface area contributed by atoms with Gasteiger partial charge in [0.25, 0.3) is 0 Å². The molecule has 1 heterocycles. The number of urea groups is 1. The average molecular weight is 326 g/mol. The maximum Gasteiger partial charge on any atom is 0.321 e. The van der Waals surface area contributed by atoms with Gasteiger partial charge in [-0.3, -0.25) is 0 Å². The van der Waals surface area contributed by atoms with Crippen LogP contribution in [0.2, 0.25) is 0 Å². The molecule has 0 unspecified atom stereocenters. The zero-order valence-electron chi connectivity index (χ0n) is 13.5. The number of methoxy groups -OCH3 is 1. The highest BCUT2D eigenvalue weighted by Gasteiger charge is 2.18. The van der Waals surface area contributed by atoms with E-state index >= 15 is 0 Å². The number of nitrogens with zero attached hydrogens (tertiary/aromatic N) is 1. The number of anilines is 1. The van der Waals surface area contributed by atoms with E-state index in [0.717, 1.165) is 19.4 Å². The standard InChI is InChI=1S/C16H23FN2O4/c1-19(7-9-21-2)16(20)18-14-10-12(17)5-6-15(14)23-11-13-4-3-8-22-13/h5-6,10,13H,3-4,7-9,11H2,1-2H3,(H,18,20)/t13-/m0/s1. The average Bonchev–Trinajstić information content (AvgIpc) is 3.05. The first kappa shape index (κ1) is 17.5. The molecule has 2 amide bonds. The molecule has 1 fully saturated rings. The van der Waals surface area contributed by atoms with Gasteiger partial charge >= 0.3 is 6.03 Å². The van der Waals surface area contributed by atoms with Crippen molar-refractivity contribution in [3.05, 3.63) is 24.0 Å². The number of hydrogen-bond donors (Lipinski definition) is 1. The van der Waals surface area contributed by atoms with Gasteiger partial charge in [-0.15, -0.1) is 0 Å². The Morgan fingerprint density at radius 1 is 1.52 bits per heavy atom. The molecule has 0 bridgehead atoms. The maximum absolute atomic E-state index is 13.5. The SMILES string of the molecule is COCCN(C)C(=O)Nc1cc(F)ccc1OC[C@@H]1CCCO1. The summed E-state index contributed by atoms with van der Waals surface area (Å²) in [5, 5.41) is 2.66. The van der Waals surface area contributed by atoms with Gasteiger partial charge in [0.05, 0.1) is 18.4 Å². The normalized spacial score (nSPS) is 17.1. The topological polar surface area (TPSA) is 60.0 Å². The van der Waals surface area contributed by atoms with E-state index in [9.17, 15) is 9.18 Å². The first-order valence-corrected chi connectivity index (χ1v) is 7.65. The second kappa shape index (κ2) is 8.69. The molecule has 1 saturated heterocycles. The Hall–Kier alpha value is -1.86. The Bertz CT molecular complexity index is 521. The molecule has 1 aromatic rings. The van der Waals surface area contributed by atoms with Gasteiger partial charge in [0.15, 0.2) is 0 Å². The van der Waals surface area contributed by atoms with Crippen LogP contribution in [0.4, 0.5) is 14.9 Å². The lowest BCUT2D eigenvalue weighted by molar-refractivity contribution is 0.0682. The Labute approximate surface area is 135 Å². The van der Waals surface area contributed by atoms with Gasteiger partial charge in [0.2, 0.25) is 0 Å². The highest BCUT2D eigenvalue weighted by molar-refractivity contribution is 5.90. The van der Waals surface area contributed by atoms with Crippen molar-refractivity contribution >= 4 is 11.7 Å². The molecule has 0 aliphatic carbocycles. The molecule has 0 radical (unpaired) electrons. The number of ether oxygens (including phenoxy) is 3. The fraction of sp³-hybridized carbons (Fsp3) is 0.562. The first-order valence-electron chi connectivity index (χ1n) is 7.65. The van der Waals surface area contributed by atoms with Crippen LogP contribution in [0.3, 0.4) is 0 Å². The molecule has 0 spiro atoms. The van der Waals surface area contributed by atoms with Crippen LogP contribution >= 0.6 is 0 Å². The fourth-order valence-electron chi connectivity index (χ4n) is 2.22. The van der Waals surface area contributed by atoms with Crippen molar-refractivity contribution < 1.29 is 23.4 Å². The van der Waals surface area contributed by atoms with Crippen LogP contribution < -0.4 is 10.1 Å². The molecular formula is C16H23FN2O4. The second-order valence-electron chi connectivity index (χ2n) is 5.43. The summed E-state index contributed by atoms with van der Waals surface area (Å²) >= 11 is 0. The molecule has 23 heavy (non-hydrogen) atoms. The smallest absolute Gasteiger partial charge is 0.321 e. The Balaban J connectivity index is 1.98. The number of amides is 2. The molecule has 6 nitrogen and oxygen atoms in total. The van der Waals surface area contributed by atoms with Crippen molar-refractivity contribution in [1.29, 1.82) is 0 Å². The number of hydrogen-bond acceptors (Lipinski definition) is 4. The van der Waals surface area contributed by atoms with Crippen molar-refractivity contribution in [2.45, 2.75) is 18.9 Å². The number of rotatable bonds is 7. The lowest BCUT2D eigenvalue weighted by Gasteiger charge is -2.19. The lowest BCUT2D eigenvalue weighted by Crippen LogP contribution is -2.34. The zero-order valence-corrected chi connectivity index (χ0v) is 13.5. The van der Waals surface area contributed by atoms with E-state index in [1.807, 2.05) is 0 Å². The zero-order chi connectivity index (χ0) is 16.7. The van der Waals surface area contributed by atoms with Gasteiger partial charge in [0.1, 0.15) is 18.2 Å². The molecule has 1 N–H and O–H groups in total. The van der Waals surface area contributed by atoms with E-state index in [2.05, 4.69) is 5.32 Å². The van der Waals surface area contributed by atoms with Crippen molar-refractivity contribution in [3.8, 4) is 5.75 Å². The Morgan fingerprint density at radius 2 is 2.35 bits per heavy atom. The quantitative estimate of drug-likeness (QED) is 0.836. The summed E-state index contributed by atoms with van der Waals surface area (Å²) in [5.41, 5.74) is 0.303. The van der Waals surface area contributed by atoms with Crippen LogP contribution in [0.1, 0.15) is 12.8 Å². The molecule has 2 rings (SSSR count). The van der Waals surface area contributed by atoms with Crippen LogP contribution in [0.5, 0.6) is 5.75 Å². The highest BCUT2D eigenvalue weighted by Crippen LogP contribution is 2.26. The summed E-state index contributed by atoms with van der Waals surface area (Å²) < 4.78 is 29.6. The number of carbonyl (C=O) groups is 1.